The van der Waals surface area contributed by atoms with E-state index in [0.717, 1.165) is 0 Å². The maximum atomic E-state index is 13.6. The Morgan fingerprint density at radius 3 is 0.383 bits per heavy atom. The second kappa shape index (κ2) is 10.4. The van der Waals surface area contributed by atoms with Crippen molar-refractivity contribution in [3.63, 3.8) is 0 Å². The monoisotopic (exact) mass is 786 g/mol. The first kappa shape index (κ1) is 44.8. The van der Waals surface area contributed by atoms with Crippen LogP contribution < -0.4 is 0 Å². The number of halogens is 31. The van der Waals surface area contributed by atoms with Crippen molar-refractivity contribution in [2.75, 3.05) is 0 Å². The molecule has 0 aliphatic heterocycles. The van der Waals surface area contributed by atoms with Gasteiger partial charge in [0, 0.05) is 0 Å². The zero-order valence-corrected chi connectivity index (χ0v) is 19.7. The second-order valence-corrected chi connectivity index (χ2v) is 8.51. The topological polar surface area (TPSA) is 20.2 Å². The van der Waals surface area contributed by atoms with E-state index in [4.69, 9.17) is 5.11 Å². The zero-order valence-electron chi connectivity index (χ0n) is 19.7. The Balaban J connectivity index is 7.61. The molecule has 1 N–H and O–H groups in total. The highest BCUT2D eigenvalue weighted by atomic mass is 19.4. The van der Waals surface area contributed by atoms with E-state index < -0.39 is 89.3 Å². The Kier molecular flexibility index (Phi) is 9.91. The van der Waals surface area contributed by atoms with Gasteiger partial charge in [0.15, 0.2) is 0 Å². The van der Waals surface area contributed by atoms with E-state index in [1.807, 2.05) is 0 Å². The molecule has 0 aromatic carbocycles. The molecular formula is C15HF31O. The molecule has 0 aliphatic carbocycles. The van der Waals surface area contributed by atoms with Gasteiger partial charge in [-0.05, 0) is 0 Å². The predicted octanol–water partition coefficient (Wildman–Crippen LogP) is 9.39. The summed E-state index contributed by atoms with van der Waals surface area (Å²) in [5.74, 6) is -125. The van der Waals surface area contributed by atoms with Crippen LogP contribution >= 0.6 is 0 Å². The molecule has 0 aromatic heterocycles. The molecule has 47 heavy (non-hydrogen) atoms. The van der Waals surface area contributed by atoms with Gasteiger partial charge in [-0.3, -0.25) is 0 Å². The lowest BCUT2D eigenvalue weighted by Crippen LogP contribution is -2.79. The van der Waals surface area contributed by atoms with Crippen LogP contribution in [0.5, 0.6) is 0 Å². The summed E-state index contributed by atoms with van der Waals surface area (Å²) in [7, 11) is 0. The summed E-state index contributed by atoms with van der Waals surface area (Å²) >= 11 is 0. The Hall–Kier alpha value is -2.21. The van der Waals surface area contributed by atoms with Crippen molar-refractivity contribution < 1.29 is 141 Å². The van der Waals surface area contributed by atoms with Crippen LogP contribution in [0.1, 0.15) is 0 Å². The first-order valence-corrected chi connectivity index (χ1v) is 9.58. The molecule has 0 saturated carbocycles. The number of aliphatic hydroxyl groups is 1. The van der Waals surface area contributed by atoms with Gasteiger partial charge in [-0.2, -0.15) is 136 Å². The number of alkyl halides is 31. The molecule has 0 fully saturated rings. The quantitative estimate of drug-likeness (QED) is 0.185. The lowest BCUT2D eigenvalue weighted by atomic mass is 9.83. The molecule has 0 spiro atoms. The molecule has 0 unspecified atom stereocenters. The SMILES string of the molecule is OC(F)(F)C(F)(F)C(F)(F)C(F)(F)C(F)(F)C(F)(F)C(F)(F)C(F)(F)C(F)(F)C(F)(F)C(F)(F)C(F)(F)C(F)(F)C(F)(F)C(F)(F)F. The van der Waals surface area contributed by atoms with Gasteiger partial charge >= 0.3 is 89.3 Å². The van der Waals surface area contributed by atoms with E-state index in [9.17, 15) is 136 Å². The summed E-state index contributed by atoms with van der Waals surface area (Å²) < 4.78 is 407. The average molecular weight is 786 g/mol. The second-order valence-electron chi connectivity index (χ2n) is 8.51. The predicted molar refractivity (Wildman–Crippen MR) is 77.5 cm³/mol. The minimum atomic E-state index is -10.1. The molecule has 0 aromatic rings. The normalized spacial score (nSPS) is 17.4. The maximum absolute atomic E-state index is 13.6. The van der Waals surface area contributed by atoms with Gasteiger partial charge in [-0.1, -0.05) is 0 Å². The van der Waals surface area contributed by atoms with Gasteiger partial charge in [-0.15, -0.1) is 0 Å². The Morgan fingerprint density at radius 1 is 0.170 bits per heavy atom. The van der Waals surface area contributed by atoms with Crippen LogP contribution in [0.3, 0.4) is 0 Å². The summed E-state index contributed by atoms with van der Waals surface area (Å²) in [5.41, 5.74) is 0. The zero-order chi connectivity index (χ0) is 39.5. The first-order valence-electron chi connectivity index (χ1n) is 9.58. The fraction of sp³-hybridized carbons (Fsp3) is 1.00. The minimum absolute atomic E-state index is 7.42. The van der Waals surface area contributed by atoms with Crippen LogP contribution in [-0.4, -0.2) is 94.4 Å². The molecule has 0 rings (SSSR count). The highest BCUT2D eigenvalue weighted by Gasteiger charge is 3.01. The van der Waals surface area contributed by atoms with Crippen molar-refractivity contribution in [2.24, 2.45) is 0 Å². The van der Waals surface area contributed by atoms with Gasteiger partial charge in [0.2, 0.25) is 0 Å². The third-order valence-corrected chi connectivity index (χ3v) is 5.47. The summed E-state index contributed by atoms with van der Waals surface area (Å²) in [6.07, 6.45) is -16.2. The van der Waals surface area contributed by atoms with Gasteiger partial charge < -0.3 is 5.11 Å². The number of hydrogen-bond donors (Lipinski definition) is 1. The lowest BCUT2D eigenvalue weighted by Gasteiger charge is -2.46. The molecule has 32 heteroatoms. The summed E-state index contributed by atoms with van der Waals surface area (Å²) in [6, 6.07) is 0. The fourth-order valence-electron chi connectivity index (χ4n) is 2.54. The van der Waals surface area contributed by atoms with E-state index >= 15 is 0 Å². The van der Waals surface area contributed by atoms with Gasteiger partial charge in [0.05, 0.1) is 0 Å². The van der Waals surface area contributed by atoms with Crippen molar-refractivity contribution in [2.45, 2.75) is 89.3 Å². The van der Waals surface area contributed by atoms with E-state index in [2.05, 4.69) is 0 Å². The van der Waals surface area contributed by atoms with E-state index in [1.165, 1.54) is 0 Å². The van der Waals surface area contributed by atoms with Gasteiger partial charge in [0.25, 0.3) is 0 Å². The van der Waals surface area contributed by atoms with E-state index in [0.29, 0.717) is 0 Å². The third-order valence-electron chi connectivity index (χ3n) is 5.47. The average Bonchev–Trinajstić information content (AvgIpc) is 2.80. The third kappa shape index (κ3) is 4.99. The van der Waals surface area contributed by atoms with Gasteiger partial charge in [-0.25, -0.2) is 0 Å². The molecular weight excluding hydrogens is 785 g/mol. The van der Waals surface area contributed by atoms with Crippen LogP contribution in [0.4, 0.5) is 136 Å². The van der Waals surface area contributed by atoms with Gasteiger partial charge in [0.1, 0.15) is 0 Å². The Morgan fingerprint density at radius 2 is 0.277 bits per heavy atom. The number of hydrogen-bond acceptors (Lipinski definition) is 1. The summed E-state index contributed by atoms with van der Waals surface area (Å²) in [5, 5.41) is 7.42. The largest absolute Gasteiger partial charge is 0.460 e. The van der Waals surface area contributed by atoms with E-state index in [1.54, 1.807) is 0 Å². The Labute approximate surface area is 232 Å². The fourth-order valence-corrected chi connectivity index (χ4v) is 2.54. The smallest absolute Gasteiger partial charge is 0.331 e. The number of rotatable bonds is 13. The van der Waals surface area contributed by atoms with Crippen LogP contribution in [0.15, 0.2) is 0 Å². The van der Waals surface area contributed by atoms with Crippen molar-refractivity contribution in [3.8, 4) is 0 Å². The first-order chi connectivity index (χ1) is 19.5. The molecule has 0 aliphatic rings. The standard InChI is InChI=1S/C15HF31O/c16-1(17,2(18,19)4(22,23)6(26,27)8(30,31)10(34,35)12(38,39)14(42,43)44)3(20,21)5(24,25)7(28,29)9(32,33)11(36,37)13(40,41)15(45,46)47/h47H. The van der Waals surface area contributed by atoms with Crippen LogP contribution in [0, 0.1) is 0 Å². The molecule has 0 heterocycles. The molecule has 284 valence electrons. The molecule has 0 bridgehead atoms. The molecule has 0 amide bonds. The van der Waals surface area contributed by atoms with Crippen LogP contribution in [0.25, 0.3) is 0 Å². The summed E-state index contributed by atoms with van der Waals surface area (Å²) in [4.78, 5) is 0. The van der Waals surface area contributed by atoms with Crippen LogP contribution in [-0.2, 0) is 0 Å². The molecule has 0 saturated heterocycles. The highest BCUT2D eigenvalue weighted by Crippen LogP contribution is 2.69. The molecule has 1 nitrogen and oxygen atoms in total. The van der Waals surface area contributed by atoms with E-state index in [-0.39, 0.29) is 0 Å². The van der Waals surface area contributed by atoms with Crippen LogP contribution in [0.2, 0.25) is 0 Å². The van der Waals surface area contributed by atoms with Crippen molar-refractivity contribution in [1.82, 2.24) is 0 Å². The molecule has 0 atom stereocenters. The maximum Gasteiger partial charge on any atom is 0.460 e. The van der Waals surface area contributed by atoms with Crippen molar-refractivity contribution in [1.29, 1.82) is 0 Å². The van der Waals surface area contributed by atoms with Crippen molar-refractivity contribution in [3.05, 3.63) is 0 Å². The van der Waals surface area contributed by atoms with Crippen molar-refractivity contribution >= 4 is 0 Å². The molecule has 0 radical (unpaired) electrons. The lowest BCUT2D eigenvalue weighted by molar-refractivity contribution is -0.492. The highest BCUT2D eigenvalue weighted by molar-refractivity contribution is 5.21. The minimum Gasteiger partial charge on any atom is -0.331 e. The summed E-state index contributed by atoms with van der Waals surface area (Å²) in [6.45, 7) is 0. The Bertz CT molecular complexity index is 1060.